The lowest BCUT2D eigenvalue weighted by molar-refractivity contribution is -0.131. The number of rotatable bonds is 6. The number of aromatic nitrogens is 1. The molecule has 2 aromatic carbocycles. The summed E-state index contributed by atoms with van der Waals surface area (Å²) in [5.74, 6) is 0.519. The Hall–Kier alpha value is -2.29. The average molecular weight is 567 g/mol. The largest absolute Gasteiger partial charge is 0.360 e. The van der Waals surface area contributed by atoms with E-state index < -0.39 is 0 Å². The molecule has 0 unspecified atom stereocenters. The molecule has 2 N–H and O–H groups in total. The van der Waals surface area contributed by atoms with Crippen LogP contribution in [0.4, 0.5) is 5.69 Å². The predicted molar refractivity (Wildman–Crippen MR) is 155 cm³/mol. The van der Waals surface area contributed by atoms with Crippen molar-refractivity contribution in [3.8, 4) is 0 Å². The monoisotopic (exact) mass is 565 g/mol. The first-order valence-corrected chi connectivity index (χ1v) is 12.8. The van der Waals surface area contributed by atoms with Gasteiger partial charge in [-0.2, -0.15) is 0 Å². The molecule has 0 spiro atoms. The Labute approximate surface area is 235 Å². The number of piperazine rings is 1. The van der Waals surface area contributed by atoms with Crippen LogP contribution in [0.3, 0.4) is 0 Å². The fraction of sp³-hybridized carbons (Fsp3) is 0.407. The van der Waals surface area contributed by atoms with E-state index >= 15 is 0 Å². The van der Waals surface area contributed by atoms with Gasteiger partial charge in [-0.25, -0.2) is 0 Å². The maximum Gasteiger partial charge on any atom is 0.258 e. The molecule has 0 bridgehead atoms. The van der Waals surface area contributed by atoms with Crippen LogP contribution < -0.4 is 10.2 Å². The predicted octanol–water partition coefficient (Wildman–Crippen LogP) is 4.46. The Morgan fingerprint density at radius 1 is 0.973 bits per heavy atom. The number of carbonyl (C=O) groups is 2. The number of aromatic amines is 1. The molecule has 3 heterocycles. The molecule has 0 aliphatic carbocycles. The van der Waals surface area contributed by atoms with Crippen molar-refractivity contribution in [2.45, 2.75) is 12.8 Å². The molecular formula is C27H34Cl3N5O2. The Morgan fingerprint density at radius 2 is 1.68 bits per heavy atom. The zero-order valence-corrected chi connectivity index (χ0v) is 23.1. The van der Waals surface area contributed by atoms with Crippen LogP contribution in [0.25, 0.3) is 10.9 Å². The van der Waals surface area contributed by atoms with Gasteiger partial charge >= 0.3 is 0 Å². The molecular weight excluding hydrogens is 533 g/mol. The summed E-state index contributed by atoms with van der Waals surface area (Å²) in [5, 5.41) is 4.91. The zero-order chi connectivity index (χ0) is 24.2. The molecule has 3 aromatic rings. The second kappa shape index (κ2) is 13.5. The molecule has 7 nitrogen and oxygen atoms in total. The Bertz CT molecular complexity index is 1180. The Balaban J connectivity index is 0.00000190. The Kier molecular flexibility index (Phi) is 10.7. The van der Waals surface area contributed by atoms with E-state index in [2.05, 4.69) is 15.2 Å². The first-order valence-electron chi connectivity index (χ1n) is 12.4. The molecule has 2 aliphatic heterocycles. The molecule has 200 valence electrons. The number of carbonyl (C=O) groups excluding carboxylic acids is 2. The maximum absolute atomic E-state index is 13.6. The minimum absolute atomic E-state index is 0. The number of H-pyrrole nitrogens is 1. The highest BCUT2D eigenvalue weighted by Gasteiger charge is 2.27. The number of hydrogen-bond donors (Lipinski definition) is 2. The molecule has 2 amide bonds. The van der Waals surface area contributed by atoms with Crippen LogP contribution >= 0.6 is 36.4 Å². The van der Waals surface area contributed by atoms with E-state index in [-0.39, 0.29) is 43.2 Å². The highest BCUT2D eigenvalue weighted by atomic mass is 35.5. The van der Waals surface area contributed by atoms with Gasteiger partial charge in [0.1, 0.15) is 6.54 Å². The van der Waals surface area contributed by atoms with Crippen molar-refractivity contribution < 1.29 is 9.59 Å². The third-order valence-electron chi connectivity index (χ3n) is 7.18. The first kappa shape index (κ1) is 29.3. The number of anilines is 1. The van der Waals surface area contributed by atoms with E-state index in [9.17, 15) is 9.59 Å². The van der Waals surface area contributed by atoms with Crippen LogP contribution in [0, 0.1) is 5.92 Å². The van der Waals surface area contributed by atoms with Crippen LogP contribution in [0.15, 0.2) is 54.7 Å². The van der Waals surface area contributed by atoms with Crippen LogP contribution in [-0.2, 0) is 4.79 Å². The molecule has 0 radical (unpaired) electrons. The van der Waals surface area contributed by atoms with Gasteiger partial charge in [0, 0.05) is 61.1 Å². The lowest BCUT2D eigenvalue weighted by Gasteiger charge is -2.38. The number of hydrogen-bond acceptors (Lipinski definition) is 4. The number of nitrogens with one attached hydrogen (secondary N) is 2. The van der Waals surface area contributed by atoms with Crippen molar-refractivity contribution >= 4 is 64.8 Å². The third kappa shape index (κ3) is 6.98. The van der Waals surface area contributed by atoms with Crippen molar-refractivity contribution in [3.63, 3.8) is 0 Å². The number of amides is 2. The highest BCUT2D eigenvalue weighted by Crippen LogP contribution is 2.25. The molecule has 37 heavy (non-hydrogen) atoms. The number of fused-ring (bicyclic) bond motifs is 1. The topological polar surface area (TPSA) is 71.7 Å². The minimum Gasteiger partial charge on any atom is -0.360 e. The van der Waals surface area contributed by atoms with Gasteiger partial charge in [0.15, 0.2) is 0 Å². The minimum atomic E-state index is -0.207. The molecule has 2 fully saturated rings. The van der Waals surface area contributed by atoms with Crippen LogP contribution in [-0.4, -0.2) is 79.0 Å². The normalized spacial score (nSPS) is 16.6. The van der Waals surface area contributed by atoms with Crippen LogP contribution in [0.2, 0.25) is 5.02 Å². The lowest BCUT2D eigenvalue weighted by atomic mass is 9.97. The fourth-order valence-corrected chi connectivity index (χ4v) is 5.33. The van der Waals surface area contributed by atoms with E-state index in [1.165, 1.54) is 12.8 Å². The van der Waals surface area contributed by atoms with Crippen molar-refractivity contribution in [3.05, 3.63) is 65.3 Å². The van der Waals surface area contributed by atoms with Gasteiger partial charge in [-0.1, -0.05) is 35.9 Å². The molecule has 0 saturated carbocycles. The van der Waals surface area contributed by atoms with Crippen molar-refractivity contribution in [1.82, 2.24) is 20.1 Å². The van der Waals surface area contributed by atoms with Gasteiger partial charge in [0.05, 0.1) is 5.02 Å². The standard InChI is InChI=1S/C27H32ClN5O2.2ClH/c28-24-17-30-25-16-21(6-7-23(24)25)27(35)33(22-4-2-1-3-5-22)19-26(34)32-14-12-31(13-15-32)18-20-8-10-29-11-9-20;;/h1-7,16-17,20,29-30H,8-15,18-19H2;2*1H. The fourth-order valence-electron chi connectivity index (χ4n) is 5.11. The summed E-state index contributed by atoms with van der Waals surface area (Å²) in [4.78, 5) is 36.0. The summed E-state index contributed by atoms with van der Waals surface area (Å²) in [6.45, 7) is 6.52. The van der Waals surface area contributed by atoms with Crippen molar-refractivity contribution in [2.75, 3.05) is 57.3 Å². The molecule has 2 saturated heterocycles. The van der Waals surface area contributed by atoms with E-state index in [0.29, 0.717) is 29.4 Å². The third-order valence-corrected chi connectivity index (χ3v) is 7.50. The van der Waals surface area contributed by atoms with Gasteiger partial charge in [0.25, 0.3) is 5.91 Å². The quantitative estimate of drug-likeness (QED) is 0.462. The summed E-state index contributed by atoms with van der Waals surface area (Å²) in [7, 11) is 0. The average Bonchev–Trinajstić information content (AvgIpc) is 3.28. The van der Waals surface area contributed by atoms with Gasteiger partial charge < -0.3 is 15.2 Å². The number of nitrogens with zero attached hydrogens (tertiary/aromatic N) is 3. The summed E-state index contributed by atoms with van der Waals surface area (Å²) < 4.78 is 0. The van der Waals surface area contributed by atoms with E-state index in [0.717, 1.165) is 49.5 Å². The second-order valence-electron chi connectivity index (χ2n) is 9.50. The second-order valence-corrected chi connectivity index (χ2v) is 9.91. The number of halogens is 3. The van der Waals surface area contributed by atoms with Gasteiger partial charge in [0.2, 0.25) is 5.91 Å². The Morgan fingerprint density at radius 3 is 2.38 bits per heavy atom. The number of benzene rings is 2. The molecule has 2 aliphatic rings. The summed E-state index contributed by atoms with van der Waals surface area (Å²) in [6, 6.07) is 14.8. The van der Waals surface area contributed by atoms with Crippen LogP contribution in [0.1, 0.15) is 23.2 Å². The highest BCUT2D eigenvalue weighted by molar-refractivity contribution is 6.35. The summed E-state index contributed by atoms with van der Waals surface area (Å²) in [5.41, 5.74) is 2.02. The molecule has 10 heteroatoms. The van der Waals surface area contributed by atoms with Gasteiger partial charge in [-0.3, -0.25) is 19.4 Å². The molecule has 1 aromatic heterocycles. The number of para-hydroxylation sites is 1. The number of piperidine rings is 1. The molecule has 5 rings (SSSR count). The molecule has 0 atom stereocenters. The van der Waals surface area contributed by atoms with E-state index in [1.54, 1.807) is 23.2 Å². The van der Waals surface area contributed by atoms with Crippen LogP contribution in [0.5, 0.6) is 0 Å². The first-order chi connectivity index (χ1) is 17.1. The van der Waals surface area contributed by atoms with Crippen molar-refractivity contribution in [1.29, 1.82) is 0 Å². The summed E-state index contributed by atoms with van der Waals surface area (Å²) >= 11 is 6.20. The summed E-state index contributed by atoms with van der Waals surface area (Å²) in [6.07, 6.45) is 4.17. The van der Waals surface area contributed by atoms with Gasteiger partial charge in [-0.15, -0.1) is 24.8 Å². The maximum atomic E-state index is 13.6. The zero-order valence-electron chi connectivity index (χ0n) is 20.7. The van der Waals surface area contributed by atoms with E-state index in [4.69, 9.17) is 11.6 Å². The van der Waals surface area contributed by atoms with Gasteiger partial charge in [-0.05, 0) is 56.1 Å². The smallest absolute Gasteiger partial charge is 0.258 e. The SMILES string of the molecule is Cl.Cl.O=C(CN(C(=O)c1ccc2c(Cl)c[nH]c2c1)c1ccccc1)N1CCN(CC2CCNCC2)CC1. The van der Waals surface area contributed by atoms with E-state index in [1.807, 2.05) is 41.3 Å². The lowest BCUT2D eigenvalue weighted by Crippen LogP contribution is -2.53. The van der Waals surface area contributed by atoms with Crippen molar-refractivity contribution in [2.24, 2.45) is 5.92 Å².